The quantitative estimate of drug-likeness (QED) is 0.537. The largest absolute Gasteiger partial charge is 0.463 e. The van der Waals surface area contributed by atoms with Gasteiger partial charge in [-0.05, 0) is 6.07 Å². The number of benzene rings is 1. The fourth-order valence-corrected chi connectivity index (χ4v) is 2.18. The summed E-state index contributed by atoms with van der Waals surface area (Å²) in [5.41, 5.74) is -2.39. The van der Waals surface area contributed by atoms with E-state index in [2.05, 4.69) is 19.9 Å². The zero-order valence-corrected chi connectivity index (χ0v) is 11.1. The van der Waals surface area contributed by atoms with E-state index in [1.165, 1.54) is 24.4 Å². The summed E-state index contributed by atoms with van der Waals surface area (Å²) in [5.74, 6) is -1.93. The van der Waals surface area contributed by atoms with E-state index in [-0.39, 0.29) is 16.6 Å². The number of alkyl halides is 3. The first-order chi connectivity index (χ1) is 10.3. The molecule has 3 rings (SSSR count). The molecule has 0 fully saturated rings. The van der Waals surface area contributed by atoms with Crippen molar-refractivity contribution in [3.8, 4) is 0 Å². The van der Waals surface area contributed by atoms with Crippen molar-refractivity contribution in [2.45, 2.75) is 11.8 Å². The lowest BCUT2D eigenvalue weighted by molar-refractivity contribution is -0.166. The number of halogens is 3. The SMILES string of the molecule is COC(=O)C(=O)c1c[nH]c2cc(C3(C(F)(F)F)N=N3)ccc12. The van der Waals surface area contributed by atoms with Gasteiger partial charge in [-0.15, -0.1) is 10.2 Å². The van der Waals surface area contributed by atoms with Gasteiger partial charge in [0.15, 0.2) is 0 Å². The minimum atomic E-state index is -4.63. The Morgan fingerprint density at radius 2 is 1.95 bits per heavy atom. The number of H-pyrrole nitrogens is 1. The Morgan fingerprint density at radius 3 is 2.50 bits per heavy atom. The van der Waals surface area contributed by atoms with Crippen LogP contribution in [0, 0.1) is 0 Å². The highest BCUT2D eigenvalue weighted by molar-refractivity contribution is 6.42. The average Bonchev–Trinajstić information content (AvgIpc) is 3.20. The van der Waals surface area contributed by atoms with E-state index in [9.17, 15) is 22.8 Å². The number of carbonyl (C=O) groups excluding carboxylic acids is 2. The highest BCUT2D eigenvalue weighted by atomic mass is 19.4. The molecule has 0 aliphatic carbocycles. The third kappa shape index (κ3) is 1.89. The van der Waals surface area contributed by atoms with E-state index in [4.69, 9.17) is 0 Å². The Labute approximate surface area is 121 Å². The van der Waals surface area contributed by atoms with Gasteiger partial charge < -0.3 is 9.72 Å². The molecule has 0 bridgehead atoms. The zero-order valence-electron chi connectivity index (χ0n) is 11.1. The molecular weight excluding hydrogens is 303 g/mol. The van der Waals surface area contributed by atoms with Gasteiger partial charge in [-0.1, -0.05) is 12.1 Å². The molecule has 9 heteroatoms. The lowest BCUT2D eigenvalue weighted by Crippen LogP contribution is -2.30. The van der Waals surface area contributed by atoms with Crippen molar-refractivity contribution in [1.82, 2.24) is 4.98 Å². The molecule has 114 valence electrons. The maximum absolute atomic E-state index is 13.0. The lowest BCUT2D eigenvalue weighted by atomic mass is 10.00. The van der Waals surface area contributed by atoms with Crippen LogP contribution in [0.4, 0.5) is 13.2 Å². The number of methoxy groups -OCH3 is 1. The number of esters is 1. The number of carbonyl (C=O) groups is 2. The van der Waals surface area contributed by atoms with Crippen LogP contribution in [-0.2, 0) is 15.2 Å². The van der Waals surface area contributed by atoms with Crippen LogP contribution < -0.4 is 0 Å². The molecular formula is C13H8F3N3O3. The molecule has 22 heavy (non-hydrogen) atoms. The van der Waals surface area contributed by atoms with E-state index in [0.717, 1.165) is 7.11 Å². The Morgan fingerprint density at radius 1 is 1.27 bits per heavy atom. The standard InChI is InChI=1S/C13H8F3N3O3/c1-22-11(21)10(20)8-5-17-9-4-6(2-3-7(8)9)12(18-19-12)13(14,15)16/h2-5,17H,1H3. The van der Waals surface area contributed by atoms with Crippen LogP contribution in [0.3, 0.4) is 0 Å². The molecule has 2 aromatic rings. The van der Waals surface area contributed by atoms with Gasteiger partial charge >= 0.3 is 17.8 Å². The van der Waals surface area contributed by atoms with Crippen molar-refractivity contribution in [3.05, 3.63) is 35.5 Å². The molecule has 1 N–H and O–H groups in total. The van der Waals surface area contributed by atoms with Crippen LogP contribution in [0.5, 0.6) is 0 Å². The van der Waals surface area contributed by atoms with Gasteiger partial charge in [0.2, 0.25) is 0 Å². The number of Topliss-reactive ketones (excluding diaryl/α,β-unsaturated/α-hetero) is 1. The number of hydrogen-bond acceptors (Lipinski definition) is 5. The Bertz CT molecular complexity index is 817. The van der Waals surface area contributed by atoms with Gasteiger partial charge in [0.05, 0.1) is 12.7 Å². The monoisotopic (exact) mass is 311 g/mol. The first-order valence-corrected chi connectivity index (χ1v) is 6.05. The second kappa shape index (κ2) is 4.39. The molecule has 1 aliphatic rings. The minimum absolute atomic E-state index is 0.0270. The van der Waals surface area contributed by atoms with Gasteiger partial charge in [0.25, 0.3) is 5.78 Å². The van der Waals surface area contributed by atoms with Crippen LogP contribution >= 0.6 is 0 Å². The Hall–Kier alpha value is -2.71. The van der Waals surface area contributed by atoms with Crippen molar-refractivity contribution in [1.29, 1.82) is 0 Å². The summed E-state index contributed by atoms with van der Waals surface area (Å²) in [6.07, 6.45) is -3.38. The molecule has 2 heterocycles. The Kier molecular flexibility index (Phi) is 2.84. The predicted molar refractivity (Wildman–Crippen MR) is 67.2 cm³/mol. The molecule has 1 aromatic carbocycles. The van der Waals surface area contributed by atoms with Gasteiger partial charge in [0.1, 0.15) is 0 Å². The van der Waals surface area contributed by atoms with Crippen molar-refractivity contribution in [2.75, 3.05) is 7.11 Å². The predicted octanol–water partition coefficient (Wildman–Crippen LogP) is 2.70. The second-order valence-electron chi connectivity index (χ2n) is 4.65. The zero-order chi connectivity index (χ0) is 16.1. The number of aromatic amines is 1. The molecule has 0 radical (unpaired) electrons. The number of nitrogens with zero attached hydrogens (tertiary/aromatic N) is 2. The van der Waals surface area contributed by atoms with E-state index in [0.29, 0.717) is 5.39 Å². The van der Waals surface area contributed by atoms with Crippen molar-refractivity contribution in [2.24, 2.45) is 10.2 Å². The molecule has 1 aliphatic heterocycles. The number of fused-ring (bicyclic) bond motifs is 1. The third-order valence-electron chi connectivity index (χ3n) is 3.39. The van der Waals surface area contributed by atoms with Gasteiger partial charge in [-0.3, -0.25) is 4.79 Å². The summed E-state index contributed by atoms with van der Waals surface area (Å²) in [7, 11) is 1.07. The number of ketones is 1. The summed E-state index contributed by atoms with van der Waals surface area (Å²) < 4.78 is 43.2. The summed E-state index contributed by atoms with van der Waals surface area (Å²) in [4.78, 5) is 25.7. The lowest BCUT2D eigenvalue weighted by Gasteiger charge is -2.14. The number of hydrogen-bond donors (Lipinski definition) is 1. The molecule has 0 saturated heterocycles. The molecule has 1 aromatic heterocycles. The van der Waals surface area contributed by atoms with Gasteiger partial charge in [0, 0.05) is 22.7 Å². The first-order valence-electron chi connectivity index (χ1n) is 6.05. The van der Waals surface area contributed by atoms with Crippen LogP contribution in [0.2, 0.25) is 0 Å². The van der Waals surface area contributed by atoms with E-state index in [1.54, 1.807) is 0 Å². The number of rotatable bonds is 3. The summed E-state index contributed by atoms with van der Waals surface area (Å²) in [6.45, 7) is 0. The topological polar surface area (TPSA) is 83.9 Å². The highest BCUT2D eigenvalue weighted by Crippen LogP contribution is 2.52. The summed E-state index contributed by atoms with van der Waals surface area (Å²) >= 11 is 0. The van der Waals surface area contributed by atoms with Crippen molar-refractivity contribution < 1.29 is 27.5 Å². The normalized spacial score (nSPS) is 15.8. The molecule has 0 unspecified atom stereocenters. The van der Waals surface area contributed by atoms with E-state index >= 15 is 0 Å². The molecule has 0 spiro atoms. The number of nitrogens with one attached hydrogen (secondary N) is 1. The maximum atomic E-state index is 13.0. The van der Waals surface area contributed by atoms with Crippen molar-refractivity contribution >= 4 is 22.7 Å². The summed E-state index contributed by atoms with van der Waals surface area (Å²) in [5, 5.41) is 6.54. The maximum Gasteiger partial charge on any atom is 0.442 e. The first kappa shape index (κ1) is 14.2. The summed E-state index contributed by atoms with van der Waals surface area (Å²) in [6, 6.07) is 3.70. The molecule has 0 saturated carbocycles. The minimum Gasteiger partial charge on any atom is -0.463 e. The second-order valence-corrected chi connectivity index (χ2v) is 4.65. The fraction of sp³-hybridized carbons (Fsp3) is 0.231. The fourth-order valence-electron chi connectivity index (χ4n) is 2.18. The van der Waals surface area contributed by atoms with Crippen LogP contribution in [0.1, 0.15) is 15.9 Å². The molecule has 0 atom stereocenters. The Balaban J connectivity index is 2.04. The van der Waals surface area contributed by atoms with Crippen LogP contribution in [0.25, 0.3) is 10.9 Å². The van der Waals surface area contributed by atoms with Gasteiger partial charge in [-0.2, -0.15) is 13.2 Å². The van der Waals surface area contributed by atoms with E-state index < -0.39 is 23.6 Å². The van der Waals surface area contributed by atoms with Gasteiger partial charge in [-0.25, -0.2) is 4.79 Å². The smallest absolute Gasteiger partial charge is 0.442 e. The number of ether oxygens (including phenoxy) is 1. The van der Waals surface area contributed by atoms with E-state index in [1.807, 2.05) is 0 Å². The number of aromatic nitrogens is 1. The average molecular weight is 311 g/mol. The highest BCUT2D eigenvalue weighted by Gasteiger charge is 2.65. The molecule has 0 amide bonds. The third-order valence-corrected chi connectivity index (χ3v) is 3.39. The van der Waals surface area contributed by atoms with Crippen LogP contribution in [0.15, 0.2) is 34.6 Å². The van der Waals surface area contributed by atoms with Crippen LogP contribution in [-0.4, -0.2) is 30.0 Å². The molecule has 6 nitrogen and oxygen atoms in total. The van der Waals surface area contributed by atoms with Crippen molar-refractivity contribution in [3.63, 3.8) is 0 Å².